The Morgan fingerprint density at radius 2 is 1.86 bits per heavy atom. The molecule has 0 aromatic carbocycles. The summed E-state index contributed by atoms with van der Waals surface area (Å²) in [5.41, 5.74) is 0.811. The summed E-state index contributed by atoms with van der Waals surface area (Å²) in [5.74, 6) is 0.488. The molecule has 2 rings (SSSR count). The van der Waals surface area contributed by atoms with E-state index in [4.69, 9.17) is 16.7 Å². The molecule has 0 radical (unpaired) electrons. The molecule has 2 aromatic heterocycles. The molecule has 11 heteroatoms. The molecule has 29 heavy (non-hydrogen) atoms. The number of sulfonamides is 1. The van der Waals surface area contributed by atoms with Crippen molar-refractivity contribution in [2.24, 2.45) is 11.1 Å². The molecular weight excluding hydrogens is 416 g/mol. The van der Waals surface area contributed by atoms with E-state index in [1.165, 1.54) is 0 Å². The number of pyridine rings is 1. The third kappa shape index (κ3) is 8.17. The van der Waals surface area contributed by atoms with Crippen LogP contribution in [0.1, 0.15) is 50.5 Å². The number of hydrogen-bond acceptors (Lipinski definition) is 8. The summed E-state index contributed by atoms with van der Waals surface area (Å²) in [6, 6.07) is 3.32. The van der Waals surface area contributed by atoms with Gasteiger partial charge in [0.25, 0.3) is 0 Å². The van der Waals surface area contributed by atoms with Crippen molar-refractivity contribution in [3.05, 3.63) is 40.7 Å². The van der Waals surface area contributed by atoms with Crippen molar-refractivity contribution < 1.29 is 13.5 Å². The van der Waals surface area contributed by atoms with Gasteiger partial charge in [-0.3, -0.25) is 4.98 Å². The lowest BCUT2D eigenvalue weighted by molar-refractivity contribution is 0.259. The van der Waals surface area contributed by atoms with Gasteiger partial charge in [-0.15, -0.1) is 0 Å². The van der Waals surface area contributed by atoms with Crippen LogP contribution < -0.4 is 10.5 Å². The Bertz CT molecular complexity index is 908. The zero-order valence-corrected chi connectivity index (χ0v) is 18.3. The minimum atomic E-state index is -3.81. The van der Waals surface area contributed by atoms with Crippen molar-refractivity contribution in [1.82, 2.24) is 19.9 Å². The Morgan fingerprint density at radius 1 is 1.17 bits per heavy atom. The largest absolute Gasteiger partial charge is 0.394 e. The van der Waals surface area contributed by atoms with Gasteiger partial charge < -0.3 is 10.4 Å². The van der Waals surface area contributed by atoms with Crippen LogP contribution >= 0.6 is 11.6 Å². The molecular formula is C18H27ClN6O3S. The van der Waals surface area contributed by atoms with Crippen LogP contribution in [-0.2, 0) is 22.2 Å². The lowest BCUT2D eigenvalue weighted by atomic mass is 10.0. The number of primary sulfonamides is 1. The topological polar surface area (TPSA) is 144 Å². The standard InChI is InChI=1S/C18H27ClN6O3S/c1-11(2)6-14(9-26)22-18-24-16(23-17(25-18)10-29(20,27)28)7-12(3)15-5-4-13(19)8-21-15/h4-5,8,11-12,14,26H,6-7,9-10H2,1-3H3,(H2,20,27,28)(H,22,23,24,25)/t12-,14+/m0/s1. The van der Waals surface area contributed by atoms with Crippen LogP contribution in [0.3, 0.4) is 0 Å². The molecule has 2 atom stereocenters. The highest BCUT2D eigenvalue weighted by molar-refractivity contribution is 7.88. The Labute approximate surface area is 176 Å². The first-order chi connectivity index (χ1) is 13.6. The summed E-state index contributed by atoms with van der Waals surface area (Å²) in [6.07, 6.45) is 2.68. The highest BCUT2D eigenvalue weighted by Gasteiger charge is 2.18. The molecule has 9 nitrogen and oxygen atoms in total. The molecule has 0 aliphatic rings. The van der Waals surface area contributed by atoms with Crippen LogP contribution in [0.25, 0.3) is 0 Å². The first-order valence-corrected chi connectivity index (χ1v) is 11.4. The molecule has 0 bridgehead atoms. The second-order valence-electron chi connectivity index (χ2n) is 7.46. The summed E-state index contributed by atoms with van der Waals surface area (Å²) in [6.45, 7) is 5.93. The first kappa shape index (κ1) is 23.4. The quantitative estimate of drug-likeness (QED) is 0.505. The Balaban J connectivity index is 2.29. The molecule has 160 valence electrons. The van der Waals surface area contributed by atoms with E-state index < -0.39 is 15.8 Å². The van der Waals surface area contributed by atoms with E-state index in [0.717, 1.165) is 5.69 Å². The number of aliphatic hydroxyl groups excluding tert-OH is 1. The van der Waals surface area contributed by atoms with Crippen LogP contribution in [0, 0.1) is 5.92 Å². The van der Waals surface area contributed by atoms with Crippen LogP contribution in [0.15, 0.2) is 18.3 Å². The maximum absolute atomic E-state index is 11.5. The molecule has 0 aliphatic carbocycles. The fourth-order valence-corrected chi connectivity index (χ4v) is 3.46. The number of hydrogen-bond donors (Lipinski definition) is 3. The predicted octanol–water partition coefficient (Wildman–Crippen LogP) is 1.87. The summed E-state index contributed by atoms with van der Waals surface area (Å²) in [7, 11) is -3.81. The van der Waals surface area contributed by atoms with E-state index in [0.29, 0.717) is 29.6 Å². The minimum Gasteiger partial charge on any atom is -0.394 e. The van der Waals surface area contributed by atoms with Gasteiger partial charge in [-0.25, -0.2) is 18.5 Å². The van der Waals surface area contributed by atoms with Gasteiger partial charge in [0.15, 0.2) is 5.82 Å². The first-order valence-electron chi connectivity index (χ1n) is 9.29. The molecule has 0 aliphatic heterocycles. The molecule has 0 amide bonds. The van der Waals surface area contributed by atoms with Crippen molar-refractivity contribution >= 4 is 27.6 Å². The van der Waals surface area contributed by atoms with E-state index in [1.807, 2.05) is 26.8 Å². The number of halogens is 1. The summed E-state index contributed by atoms with van der Waals surface area (Å²) >= 11 is 5.88. The second kappa shape index (κ2) is 10.2. The molecule has 0 unspecified atom stereocenters. The Morgan fingerprint density at radius 3 is 2.41 bits per heavy atom. The van der Waals surface area contributed by atoms with Crippen LogP contribution in [0.5, 0.6) is 0 Å². The summed E-state index contributed by atoms with van der Waals surface area (Å²) in [4.78, 5) is 17.1. The minimum absolute atomic E-state index is 0.0332. The van der Waals surface area contributed by atoms with Crippen molar-refractivity contribution in [3.63, 3.8) is 0 Å². The zero-order valence-electron chi connectivity index (χ0n) is 16.7. The van der Waals surface area contributed by atoms with E-state index in [1.54, 1.807) is 12.3 Å². The highest BCUT2D eigenvalue weighted by atomic mass is 35.5. The van der Waals surface area contributed by atoms with Crippen molar-refractivity contribution in [2.45, 2.75) is 51.3 Å². The molecule has 0 saturated carbocycles. The lowest BCUT2D eigenvalue weighted by Crippen LogP contribution is -2.28. The third-order valence-electron chi connectivity index (χ3n) is 4.11. The van der Waals surface area contributed by atoms with E-state index in [9.17, 15) is 13.5 Å². The van der Waals surface area contributed by atoms with Gasteiger partial charge in [-0.05, 0) is 24.5 Å². The maximum Gasteiger partial charge on any atom is 0.226 e. The number of nitrogens with two attached hydrogens (primary N) is 1. The van der Waals surface area contributed by atoms with Crippen molar-refractivity contribution in [2.75, 3.05) is 11.9 Å². The number of nitrogens with zero attached hydrogens (tertiary/aromatic N) is 4. The number of anilines is 1. The lowest BCUT2D eigenvalue weighted by Gasteiger charge is -2.19. The van der Waals surface area contributed by atoms with Crippen molar-refractivity contribution in [1.29, 1.82) is 0 Å². The smallest absolute Gasteiger partial charge is 0.226 e. The molecule has 2 aromatic rings. The maximum atomic E-state index is 11.5. The fraction of sp³-hybridized carbons (Fsp3) is 0.556. The fourth-order valence-electron chi connectivity index (χ4n) is 2.86. The predicted molar refractivity (Wildman–Crippen MR) is 112 cm³/mol. The number of aromatic nitrogens is 4. The number of aliphatic hydroxyl groups is 1. The van der Waals surface area contributed by atoms with E-state index in [2.05, 4.69) is 25.3 Å². The van der Waals surface area contributed by atoms with Crippen molar-refractivity contribution in [3.8, 4) is 0 Å². The molecule has 2 heterocycles. The number of rotatable bonds is 10. The molecule has 0 fully saturated rings. The van der Waals surface area contributed by atoms with Gasteiger partial charge in [-0.1, -0.05) is 32.4 Å². The average Bonchev–Trinajstić information content (AvgIpc) is 2.59. The molecule has 4 N–H and O–H groups in total. The van der Waals surface area contributed by atoms with Gasteiger partial charge >= 0.3 is 0 Å². The summed E-state index contributed by atoms with van der Waals surface area (Å²) in [5, 5.41) is 18.4. The van der Waals surface area contributed by atoms with Crippen LogP contribution in [0.4, 0.5) is 5.95 Å². The third-order valence-corrected chi connectivity index (χ3v) is 5.00. The van der Waals surface area contributed by atoms with Crippen LogP contribution in [-0.4, -0.2) is 46.1 Å². The summed E-state index contributed by atoms with van der Waals surface area (Å²) < 4.78 is 23.0. The van der Waals surface area contributed by atoms with Gasteiger partial charge in [0.2, 0.25) is 16.0 Å². The molecule has 0 saturated heterocycles. The monoisotopic (exact) mass is 442 g/mol. The zero-order chi connectivity index (χ0) is 21.6. The SMILES string of the molecule is CC(C)C[C@H](CO)Nc1nc(C[C@H](C)c2ccc(Cl)cn2)nc(CS(N)(=O)=O)n1. The van der Waals surface area contributed by atoms with Gasteiger partial charge in [0.1, 0.15) is 11.6 Å². The number of nitrogens with one attached hydrogen (secondary N) is 1. The molecule has 0 spiro atoms. The highest BCUT2D eigenvalue weighted by Crippen LogP contribution is 2.19. The van der Waals surface area contributed by atoms with E-state index in [-0.39, 0.29) is 30.3 Å². The van der Waals surface area contributed by atoms with Gasteiger partial charge in [0.05, 0.1) is 17.7 Å². The van der Waals surface area contributed by atoms with Gasteiger partial charge in [0, 0.05) is 24.2 Å². The normalized spacial score (nSPS) is 14.0. The Hall–Kier alpha value is -1.88. The Kier molecular flexibility index (Phi) is 8.26. The average molecular weight is 443 g/mol. The van der Waals surface area contributed by atoms with Crippen LogP contribution in [0.2, 0.25) is 5.02 Å². The van der Waals surface area contributed by atoms with Gasteiger partial charge in [-0.2, -0.15) is 9.97 Å². The second-order valence-corrected chi connectivity index (χ2v) is 9.51. The van der Waals surface area contributed by atoms with E-state index >= 15 is 0 Å².